The van der Waals surface area contributed by atoms with Crippen molar-refractivity contribution in [1.82, 2.24) is 10.2 Å². The molecule has 41 heavy (non-hydrogen) atoms. The lowest BCUT2D eigenvalue weighted by atomic mass is 10.0. The monoisotopic (exact) mass is 619 g/mol. The third kappa shape index (κ3) is 9.38. The molecule has 3 aromatic rings. The molecule has 0 fully saturated rings. The van der Waals surface area contributed by atoms with Crippen LogP contribution >= 0.6 is 23.2 Å². The van der Waals surface area contributed by atoms with Gasteiger partial charge in [0, 0.05) is 29.6 Å². The zero-order valence-corrected chi connectivity index (χ0v) is 25.7. The van der Waals surface area contributed by atoms with Crippen LogP contribution in [0.4, 0.5) is 5.69 Å². The molecule has 3 rings (SSSR count). The summed E-state index contributed by atoms with van der Waals surface area (Å²) in [5.41, 5.74) is 1.71. The van der Waals surface area contributed by atoms with Gasteiger partial charge in [0.1, 0.15) is 18.3 Å². The molecule has 0 aromatic heterocycles. The van der Waals surface area contributed by atoms with Crippen molar-refractivity contribution in [3.05, 3.63) is 94.0 Å². The summed E-state index contributed by atoms with van der Waals surface area (Å²) in [5.74, 6) is -0.338. The van der Waals surface area contributed by atoms with E-state index in [1.807, 2.05) is 44.2 Å². The number of carbonyl (C=O) groups is 2. The maximum Gasteiger partial charge on any atom is 0.244 e. The van der Waals surface area contributed by atoms with Crippen molar-refractivity contribution in [2.75, 3.05) is 30.3 Å². The average Bonchev–Trinajstić information content (AvgIpc) is 2.94. The number of anilines is 1. The minimum atomic E-state index is -3.88. The van der Waals surface area contributed by atoms with Crippen molar-refractivity contribution >= 4 is 50.7 Å². The molecule has 1 unspecified atom stereocenters. The molecular weight excluding hydrogens is 585 g/mol. The Bertz CT molecular complexity index is 1420. The molecule has 0 aliphatic carbocycles. The fourth-order valence-corrected chi connectivity index (χ4v) is 5.56. The molecule has 1 atom stereocenters. The molecule has 0 aliphatic heterocycles. The molecule has 0 radical (unpaired) electrons. The largest absolute Gasteiger partial charge is 0.494 e. The van der Waals surface area contributed by atoms with Gasteiger partial charge < -0.3 is 15.0 Å². The summed E-state index contributed by atoms with van der Waals surface area (Å²) in [6.45, 7) is 4.11. The molecule has 0 heterocycles. The van der Waals surface area contributed by atoms with E-state index in [-0.39, 0.29) is 18.9 Å². The normalized spacial score (nSPS) is 11.9. The highest BCUT2D eigenvalue weighted by Crippen LogP contribution is 2.26. The summed E-state index contributed by atoms with van der Waals surface area (Å²) < 4.78 is 32.3. The fraction of sp³-hybridized carbons (Fsp3) is 0.333. The molecule has 220 valence electrons. The molecule has 0 spiro atoms. The Balaban J connectivity index is 2.04. The standard InChI is InChI=1S/C30H35Cl2N3O5S/c1-4-17-33-30(37)28(18-22-9-7-6-8-10-22)34(20-23-11-12-24(31)19-27(23)32)29(36)21-35(41(3,38)39)25-13-15-26(16-14-25)40-5-2/h6-16,19,28H,4-5,17-18,20-21H2,1-3H3,(H,33,37). The van der Waals surface area contributed by atoms with Gasteiger partial charge in [-0.15, -0.1) is 0 Å². The molecule has 0 saturated heterocycles. The van der Waals surface area contributed by atoms with Crippen LogP contribution in [0, 0.1) is 0 Å². The van der Waals surface area contributed by atoms with E-state index in [2.05, 4.69) is 5.32 Å². The first-order valence-corrected chi connectivity index (χ1v) is 15.9. The van der Waals surface area contributed by atoms with Crippen molar-refractivity contribution in [2.45, 2.75) is 39.3 Å². The predicted octanol–water partition coefficient (Wildman–Crippen LogP) is 5.32. The van der Waals surface area contributed by atoms with Crippen molar-refractivity contribution in [3.63, 3.8) is 0 Å². The Hall–Kier alpha value is -3.27. The lowest BCUT2D eigenvalue weighted by Crippen LogP contribution is -2.53. The van der Waals surface area contributed by atoms with Crippen molar-refractivity contribution < 1.29 is 22.7 Å². The quantitative estimate of drug-likeness (QED) is 0.263. The third-order valence-electron chi connectivity index (χ3n) is 6.29. The molecular formula is C30H35Cl2N3O5S. The summed E-state index contributed by atoms with van der Waals surface area (Å²) in [6.07, 6.45) is 1.96. The van der Waals surface area contributed by atoms with Crippen LogP contribution in [0.25, 0.3) is 0 Å². The second-order valence-corrected chi connectivity index (χ2v) is 12.2. The topological polar surface area (TPSA) is 96.0 Å². The van der Waals surface area contributed by atoms with Crippen LogP contribution in [0.2, 0.25) is 10.0 Å². The van der Waals surface area contributed by atoms with Gasteiger partial charge in [0.05, 0.1) is 18.6 Å². The first-order chi connectivity index (χ1) is 19.5. The number of hydrogen-bond acceptors (Lipinski definition) is 5. The Labute approximate surface area is 252 Å². The first kappa shape index (κ1) is 32.2. The van der Waals surface area contributed by atoms with Gasteiger partial charge in [-0.1, -0.05) is 66.5 Å². The Morgan fingerprint density at radius 3 is 2.24 bits per heavy atom. The first-order valence-electron chi connectivity index (χ1n) is 13.3. The van der Waals surface area contributed by atoms with Crippen molar-refractivity contribution in [2.24, 2.45) is 0 Å². The zero-order valence-electron chi connectivity index (χ0n) is 23.3. The van der Waals surface area contributed by atoms with E-state index in [9.17, 15) is 18.0 Å². The zero-order chi connectivity index (χ0) is 30.0. The molecule has 0 bridgehead atoms. The van der Waals surface area contributed by atoms with Crippen LogP contribution in [0.5, 0.6) is 5.75 Å². The number of rotatable bonds is 14. The van der Waals surface area contributed by atoms with Crippen LogP contribution in [-0.2, 0) is 32.6 Å². The van der Waals surface area contributed by atoms with Gasteiger partial charge >= 0.3 is 0 Å². The van der Waals surface area contributed by atoms with E-state index in [1.54, 1.807) is 42.5 Å². The van der Waals surface area contributed by atoms with Gasteiger partial charge in [-0.25, -0.2) is 8.42 Å². The maximum absolute atomic E-state index is 14.1. The van der Waals surface area contributed by atoms with Gasteiger partial charge in [-0.3, -0.25) is 13.9 Å². The minimum Gasteiger partial charge on any atom is -0.494 e. The van der Waals surface area contributed by atoms with Crippen LogP contribution in [0.1, 0.15) is 31.4 Å². The highest BCUT2D eigenvalue weighted by atomic mass is 35.5. The van der Waals surface area contributed by atoms with Crippen LogP contribution in [-0.4, -0.2) is 57.1 Å². The maximum atomic E-state index is 14.1. The number of nitrogens with zero attached hydrogens (tertiary/aromatic N) is 2. The summed E-state index contributed by atoms with van der Waals surface area (Å²) in [5, 5.41) is 3.65. The second kappa shape index (κ2) is 15.1. The van der Waals surface area contributed by atoms with Crippen LogP contribution in [0.3, 0.4) is 0 Å². The number of ether oxygens (including phenoxy) is 1. The average molecular weight is 621 g/mol. The highest BCUT2D eigenvalue weighted by molar-refractivity contribution is 7.92. The number of sulfonamides is 1. The van der Waals surface area contributed by atoms with E-state index in [4.69, 9.17) is 27.9 Å². The van der Waals surface area contributed by atoms with Crippen LogP contribution in [0.15, 0.2) is 72.8 Å². The summed E-state index contributed by atoms with van der Waals surface area (Å²) in [7, 11) is -3.88. The number of halogens is 2. The molecule has 1 N–H and O–H groups in total. The lowest BCUT2D eigenvalue weighted by Gasteiger charge is -2.33. The Morgan fingerprint density at radius 2 is 1.66 bits per heavy atom. The Morgan fingerprint density at radius 1 is 0.976 bits per heavy atom. The van der Waals surface area contributed by atoms with Gasteiger partial charge in [-0.05, 0) is 60.9 Å². The number of benzene rings is 3. The smallest absolute Gasteiger partial charge is 0.244 e. The van der Waals surface area contributed by atoms with Gasteiger partial charge in [0.25, 0.3) is 0 Å². The van der Waals surface area contributed by atoms with E-state index < -0.39 is 28.5 Å². The van der Waals surface area contributed by atoms with E-state index in [0.717, 1.165) is 16.1 Å². The SMILES string of the molecule is CCCNC(=O)C(Cc1ccccc1)N(Cc1ccc(Cl)cc1Cl)C(=O)CN(c1ccc(OCC)cc1)S(C)(=O)=O. The molecule has 3 aromatic carbocycles. The summed E-state index contributed by atoms with van der Waals surface area (Å²) >= 11 is 12.6. The summed E-state index contributed by atoms with van der Waals surface area (Å²) in [6, 6.07) is 19.7. The van der Waals surface area contributed by atoms with Crippen LogP contribution < -0.4 is 14.4 Å². The molecule has 0 aliphatic rings. The fourth-order valence-electron chi connectivity index (χ4n) is 4.24. The van der Waals surface area contributed by atoms with E-state index >= 15 is 0 Å². The number of hydrogen-bond donors (Lipinski definition) is 1. The number of amides is 2. The second-order valence-electron chi connectivity index (χ2n) is 9.45. The van der Waals surface area contributed by atoms with E-state index in [0.29, 0.717) is 46.6 Å². The number of nitrogens with one attached hydrogen (secondary N) is 1. The minimum absolute atomic E-state index is 0.0350. The molecule has 0 saturated carbocycles. The van der Waals surface area contributed by atoms with Gasteiger partial charge in [0.15, 0.2) is 0 Å². The summed E-state index contributed by atoms with van der Waals surface area (Å²) in [4.78, 5) is 29.0. The highest BCUT2D eigenvalue weighted by Gasteiger charge is 2.33. The van der Waals surface area contributed by atoms with Gasteiger partial charge in [0.2, 0.25) is 21.8 Å². The third-order valence-corrected chi connectivity index (χ3v) is 8.02. The van der Waals surface area contributed by atoms with Gasteiger partial charge in [-0.2, -0.15) is 0 Å². The number of carbonyl (C=O) groups excluding carboxylic acids is 2. The molecule has 2 amide bonds. The predicted molar refractivity (Wildman–Crippen MR) is 164 cm³/mol. The van der Waals surface area contributed by atoms with Crippen molar-refractivity contribution in [1.29, 1.82) is 0 Å². The molecule has 8 nitrogen and oxygen atoms in total. The molecule has 11 heteroatoms. The van der Waals surface area contributed by atoms with E-state index in [1.165, 1.54) is 4.90 Å². The Kier molecular flexibility index (Phi) is 11.9. The lowest BCUT2D eigenvalue weighted by molar-refractivity contribution is -0.140. The van der Waals surface area contributed by atoms with Crippen molar-refractivity contribution in [3.8, 4) is 5.75 Å².